The third kappa shape index (κ3) is 3.34. The van der Waals surface area contributed by atoms with Crippen molar-refractivity contribution in [3.8, 4) is 6.07 Å². The van der Waals surface area contributed by atoms with E-state index in [0.717, 1.165) is 5.56 Å². The second kappa shape index (κ2) is 4.58. The first kappa shape index (κ1) is 13.2. The zero-order valence-electron chi connectivity index (χ0n) is 10.0. The number of nitriles is 1. The summed E-state index contributed by atoms with van der Waals surface area (Å²) in [5.74, 6) is 0. The van der Waals surface area contributed by atoms with Gasteiger partial charge in [0.25, 0.3) is 0 Å². The maximum atomic E-state index is 9.30. The Bertz CT molecular complexity index is 422. The summed E-state index contributed by atoms with van der Waals surface area (Å²) in [6, 6.07) is 9.51. The molecule has 0 bridgehead atoms. The van der Waals surface area contributed by atoms with Crippen molar-refractivity contribution >= 4 is 19.9 Å². The van der Waals surface area contributed by atoms with Crippen LogP contribution in [0.4, 0.5) is 0 Å². The highest BCUT2D eigenvalue weighted by atomic mass is 35.5. The predicted molar refractivity (Wildman–Crippen MR) is 68.8 cm³/mol. The molecule has 16 heavy (non-hydrogen) atoms. The molecule has 0 aliphatic heterocycles. The van der Waals surface area contributed by atoms with Crippen LogP contribution in [-0.2, 0) is 10.0 Å². The molecule has 0 N–H and O–H groups in total. The fourth-order valence-corrected chi connectivity index (χ4v) is 3.12. The summed E-state index contributed by atoms with van der Waals surface area (Å²) < 4.78 is 5.93. The van der Waals surface area contributed by atoms with Crippen LogP contribution in [0.25, 0.3) is 0 Å². The monoisotopic (exact) mass is 253 g/mol. The van der Waals surface area contributed by atoms with E-state index in [2.05, 4.69) is 25.7 Å². The molecule has 1 rings (SSSR count). The third-order valence-electron chi connectivity index (χ3n) is 2.10. The molecule has 0 saturated heterocycles. The zero-order chi connectivity index (χ0) is 12.4. The molecule has 0 unspecified atom stereocenters. The average molecular weight is 254 g/mol. The van der Waals surface area contributed by atoms with Crippen LogP contribution >= 0.6 is 11.6 Å². The van der Waals surface area contributed by atoms with Gasteiger partial charge < -0.3 is 4.43 Å². The number of benzene rings is 1. The summed E-state index contributed by atoms with van der Waals surface area (Å²) in [5, 5.41) is 9.92. The summed E-state index contributed by atoms with van der Waals surface area (Å²) in [6.45, 7) is 7.98. The SMILES string of the molecule is C[C@](C#N)(O[Si](C)(C)C)c1cccc(Cl)c1. The van der Waals surface area contributed by atoms with Crippen LogP contribution in [-0.4, -0.2) is 8.32 Å². The van der Waals surface area contributed by atoms with E-state index < -0.39 is 13.9 Å². The fraction of sp³-hybridized carbons (Fsp3) is 0.417. The lowest BCUT2D eigenvalue weighted by atomic mass is 9.98. The van der Waals surface area contributed by atoms with E-state index in [-0.39, 0.29) is 0 Å². The van der Waals surface area contributed by atoms with Gasteiger partial charge in [-0.15, -0.1) is 0 Å². The largest absolute Gasteiger partial charge is 0.397 e. The molecule has 1 aromatic carbocycles. The van der Waals surface area contributed by atoms with Gasteiger partial charge in [-0.3, -0.25) is 0 Å². The van der Waals surface area contributed by atoms with E-state index >= 15 is 0 Å². The van der Waals surface area contributed by atoms with Crippen molar-refractivity contribution in [1.29, 1.82) is 5.26 Å². The van der Waals surface area contributed by atoms with Gasteiger partial charge in [0, 0.05) is 5.02 Å². The van der Waals surface area contributed by atoms with Crippen molar-refractivity contribution in [3.05, 3.63) is 34.9 Å². The molecule has 2 nitrogen and oxygen atoms in total. The molecule has 0 aliphatic rings. The minimum Gasteiger partial charge on any atom is -0.397 e. The van der Waals surface area contributed by atoms with E-state index in [1.165, 1.54) is 0 Å². The lowest BCUT2D eigenvalue weighted by molar-refractivity contribution is 0.141. The van der Waals surface area contributed by atoms with Crippen LogP contribution in [0.15, 0.2) is 24.3 Å². The van der Waals surface area contributed by atoms with Crippen LogP contribution < -0.4 is 0 Å². The lowest BCUT2D eigenvalue weighted by Crippen LogP contribution is -2.37. The number of hydrogen-bond acceptors (Lipinski definition) is 2. The van der Waals surface area contributed by atoms with Crippen molar-refractivity contribution < 1.29 is 4.43 Å². The first-order valence-corrected chi connectivity index (χ1v) is 8.93. The fourth-order valence-electron chi connectivity index (χ4n) is 1.54. The highest BCUT2D eigenvalue weighted by Crippen LogP contribution is 2.29. The molecule has 4 heteroatoms. The molecule has 0 spiro atoms. The molecule has 0 saturated carbocycles. The Labute approximate surface area is 103 Å². The van der Waals surface area contributed by atoms with Gasteiger partial charge in [0.1, 0.15) is 6.07 Å². The predicted octanol–water partition coefficient (Wildman–Crippen LogP) is 3.93. The van der Waals surface area contributed by atoms with Gasteiger partial charge in [0.05, 0.1) is 0 Å². The molecule has 1 atom stereocenters. The Kier molecular flexibility index (Phi) is 3.79. The summed E-state index contributed by atoms with van der Waals surface area (Å²) in [5.41, 5.74) is -0.0973. The summed E-state index contributed by atoms with van der Waals surface area (Å²) in [6.07, 6.45) is 0. The lowest BCUT2D eigenvalue weighted by Gasteiger charge is -2.30. The molecule has 0 aliphatic carbocycles. The van der Waals surface area contributed by atoms with E-state index in [9.17, 15) is 5.26 Å². The molecule has 0 aromatic heterocycles. The topological polar surface area (TPSA) is 33.0 Å². The normalized spacial score (nSPS) is 15.2. The number of rotatable bonds is 3. The van der Waals surface area contributed by atoms with E-state index in [1.54, 1.807) is 19.1 Å². The molecule has 0 amide bonds. The Hall–Kier alpha value is -0.823. The number of nitrogens with zero attached hydrogens (tertiary/aromatic N) is 1. The van der Waals surface area contributed by atoms with Crippen LogP contribution in [0.3, 0.4) is 0 Å². The van der Waals surface area contributed by atoms with Gasteiger partial charge in [0.2, 0.25) is 0 Å². The minimum atomic E-state index is -1.78. The van der Waals surface area contributed by atoms with Gasteiger partial charge in [-0.25, -0.2) is 0 Å². The maximum absolute atomic E-state index is 9.30. The van der Waals surface area contributed by atoms with E-state index in [0.29, 0.717) is 5.02 Å². The Morgan fingerprint density at radius 2 is 2.00 bits per heavy atom. The highest BCUT2D eigenvalue weighted by Gasteiger charge is 2.33. The molecular weight excluding hydrogens is 238 g/mol. The summed E-state index contributed by atoms with van der Waals surface area (Å²) in [7, 11) is -1.78. The third-order valence-corrected chi connectivity index (χ3v) is 3.35. The molecule has 0 heterocycles. The van der Waals surface area contributed by atoms with Crippen LogP contribution in [0.1, 0.15) is 12.5 Å². The highest BCUT2D eigenvalue weighted by molar-refractivity contribution is 6.69. The quantitative estimate of drug-likeness (QED) is 0.765. The van der Waals surface area contributed by atoms with Crippen molar-refractivity contribution in [2.45, 2.75) is 32.2 Å². The molecule has 86 valence electrons. The first-order valence-electron chi connectivity index (χ1n) is 5.14. The van der Waals surface area contributed by atoms with Crippen molar-refractivity contribution in [2.75, 3.05) is 0 Å². The molecule has 1 aromatic rings. The Balaban J connectivity index is 3.11. The summed E-state index contributed by atoms with van der Waals surface area (Å²) in [4.78, 5) is 0. The average Bonchev–Trinajstić information content (AvgIpc) is 2.15. The Morgan fingerprint density at radius 3 is 2.44 bits per heavy atom. The Morgan fingerprint density at radius 1 is 1.38 bits per heavy atom. The second-order valence-corrected chi connectivity index (χ2v) is 9.74. The molecule has 0 radical (unpaired) electrons. The van der Waals surface area contributed by atoms with Crippen molar-refractivity contribution in [1.82, 2.24) is 0 Å². The van der Waals surface area contributed by atoms with Gasteiger partial charge in [0.15, 0.2) is 13.9 Å². The molecule has 0 fully saturated rings. The van der Waals surface area contributed by atoms with Crippen LogP contribution in [0, 0.1) is 11.3 Å². The standard InChI is InChI=1S/C12H16ClNOSi/c1-12(9-14,15-16(2,3)4)10-6-5-7-11(13)8-10/h5-8H,1-4H3/t12-/m1/s1. The van der Waals surface area contributed by atoms with Crippen LogP contribution in [0.2, 0.25) is 24.7 Å². The molecular formula is C12H16ClNOSi. The van der Waals surface area contributed by atoms with Gasteiger partial charge >= 0.3 is 0 Å². The van der Waals surface area contributed by atoms with Gasteiger partial charge in [-0.2, -0.15) is 5.26 Å². The van der Waals surface area contributed by atoms with E-state index in [4.69, 9.17) is 16.0 Å². The maximum Gasteiger partial charge on any atom is 0.186 e. The number of hydrogen-bond donors (Lipinski definition) is 0. The second-order valence-electron chi connectivity index (χ2n) is 4.87. The van der Waals surface area contributed by atoms with Crippen LogP contribution in [0.5, 0.6) is 0 Å². The van der Waals surface area contributed by atoms with Gasteiger partial charge in [-0.05, 0) is 44.3 Å². The van der Waals surface area contributed by atoms with Gasteiger partial charge in [-0.1, -0.05) is 23.7 Å². The first-order chi connectivity index (χ1) is 7.27. The minimum absolute atomic E-state index is 0.623. The number of halogens is 1. The summed E-state index contributed by atoms with van der Waals surface area (Å²) >= 11 is 5.93. The smallest absolute Gasteiger partial charge is 0.186 e. The zero-order valence-corrected chi connectivity index (χ0v) is 11.8. The van der Waals surface area contributed by atoms with Crippen molar-refractivity contribution in [3.63, 3.8) is 0 Å². The van der Waals surface area contributed by atoms with Crippen molar-refractivity contribution in [2.24, 2.45) is 0 Å². The van der Waals surface area contributed by atoms with E-state index in [1.807, 2.05) is 12.1 Å².